The molecular formula is C16H31NO. The monoisotopic (exact) mass is 253 g/mol. The third-order valence-electron chi connectivity index (χ3n) is 4.93. The van der Waals surface area contributed by atoms with Gasteiger partial charge in [0.05, 0.1) is 5.60 Å². The maximum Gasteiger partial charge on any atom is 0.0774 e. The summed E-state index contributed by atoms with van der Waals surface area (Å²) in [5.74, 6) is 1.56. The van der Waals surface area contributed by atoms with Gasteiger partial charge in [-0.25, -0.2) is 0 Å². The van der Waals surface area contributed by atoms with E-state index in [9.17, 15) is 5.11 Å². The summed E-state index contributed by atoms with van der Waals surface area (Å²) in [6, 6.07) is 0. The zero-order valence-corrected chi connectivity index (χ0v) is 12.1. The summed E-state index contributed by atoms with van der Waals surface area (Å²) in [7, 11) is 0. The van der Waals surface area contributed by atoms with Crippen LogP contribution in [0, 0.1) is 11.8 Å². The normalized spacial score (nSPS) is 35.3. The highest BCUT2D eigenvalue weighted by molar-refractivity contribution is 4.87. The molecule has 0 spiro atoms. The Morgan fingerprint density at radius 1 is 1.06 bits per heavy atom. The van der Waals surface area contributed by atoms with Crippen molar-refractivity contribution in [1.82, 2.24) is 5.32 Å². The topological polar surface area (TPSA) is 32.3 Å². The third-order valence-corrected chi connectivity index (χ3v) is 4.93. The second-order valence-corrected chi connectivity index (χ2v) is 6.91. The van der Waals surface area contributed by atoms with Gasteiger partial charge in [-0.2, -0.15) is 0 Å². The molecule has 2 nitrogen and oxygen atoms in total. The molecule has 2 atom stereocenters. The minimum absolute atomic E-state index is 0.414. The van der Waals surface area contributed by atoms with Gasteiger partial charge in [-0.15, -0.1) is 0 Å². The first-order valence-electron chi connectivity index (χ1n) is 8.11. The molecule has 2 aliphatic carbocycles. The maximum atomic E-state index is 10.6. The van der Waals surface area contributed by atoms with Crippen LogP contribution in [0.1, 0.15) is 71.1 Å². The predicted octanol–water partition coefficient (Wildman–Crippen LogP) is 3.49. The molecule has 2 saturated carbocycles. The summed E-state index contributed by atoms with van der Waals surface area (Å²) in [6.45, 7) is 4.21. The largest absolute Gasteiger partial charge is 0.389 e. The van der Waals surface area contributed by atoms with E-state index in [0.717, 1.165) is 31.8 Å². The van der Waals surface area contributed by atoms with Crippen molar-refractivity contribution in [3.8, 4) is 0 Å². The maximum absolute atomic E-state index is 10.6. The first-order valence-corrected chi connectivity index (χ1v) is 8.11. The summed E-state index contributed by atoms with van der Waals surface area (Å²) in [5.41, 5.74) is -0.414. The van der Waals surface area contributed by atoms with E-state index in [4.69, 9.17) is 0 Å². The minimum atomic E-state index is -0.414. The van der Waals surface area contributed by atoms with E-state index in [1.54, 1.807) is 0 Å². The van der Waals surface area contributed by atoms with Crippen LogP contribution in [-0.2, 0) is 0 Å². The zero-order chi connectivity index (χ0) is 12.8. The van der Waals surface area contributed by atoms with Crippen LogP contribution >= 0.6 is 0 Å². The van der Waals surface area contributed by atoms with Gasteiger partial charge in [-0.3, -0.25) is 0 Å². The standard InChI is InChI=1S/C16H31NO/c1-14-7-6-10-16(18,11-14)13-17-12-15-8-4-2-3-5-9-15/h14-15,17-18H,2-13H2,1H3. The van der Waals surface area contributed by atoms with Gasteiger partial charge in [0.1, 0.15) is 0 Å². The molecule has 2 N–H and O–H groups in total. The van der Waals surface area contributed by atoms with E-state index in [1.165, 1.54) is 51.4 Å². The van der Waals surface area contributed by atoms with Gasteiger partial charge in [0, 0.05) is 6.54 Å². The SMILES string of the molecule is CC1CCCC(O)(CNCC2CCCCCC2)C1. The molecule has 0 heterocycles. The molecule has 2 aliphatic rings. The Morgan fingerprint density at radius 2 is 1.78 bits per heavy atom. The zero-order valence-electron chi connectivity index (χ0n) is 12.1. The second-order valence-electron chi connectivity index (χ2n) is 6.91. The molecule has 2 heteroatoms. The van der Waals surface area contributed by atoms with Crippen LogP contribution in [0.5, 0.6) is 0 Å². The molecule has 0 bridgehead atoms. The highest BCUT2D eigenvalue weighted by atomic mass is 16.3. The Balaban J connectivity index is 1.67. The van der Waals surface area contributed by atoms with Crippen LogP contribution in [-0.4, -0.2) is 23.8 Å². The Hall–Kier alpha value is -0.0800. The van der Waals surface area contributed by atoms with Crippen molar-refractivity contribution in [2.75, 3.05) is 13.1 Å². The molecule has 0 aromatic carbocycles. The number of aliphatic hydroxyl groups is 1. The van der Waals surface area contributed by atoms with Gasteiger partial charge in [-0.1, -0.05) is 45.4 Å². The highest BCUT2D eigenvalue weighted by Crippen LogP contribution is 2.31. The minimum Gasteiger partial charge on any atom is -0.389 e. The van der Waals surface area contributed by atoms with Crippen molar-refractivity contribution in [3.63, 3.8) is 0 Å². The quantitative estimate of drug-likeness (QED) is 0.752. The number of rotatable bonds is 4. The first-order chi connectivity index (χ1) is 8.68. The van der Waals surface area contributed by atoms with Crippen LogP contribution in [0.4, 0.5) is 0 Å². The van der Waals surface area contributed by atoms with E-state index >= 15 is 0 Å². The Labute approximate surface area is 113 Å². The lowest BCUT2D eigenvalue weighted by Crippen LogP contribution is -2.45. The third kappa shape index (κ3) is 4.55. The average Bonchev–Trinajstić information content (AvgIpc) is 2.57. The van der Waals surface area contributed by atoms with E-state index in [2.05, 4.69) is 12.2 Å². The lowest BCUT2D eigenvalue weighted by atomic mass is 9.79. The fourth-order valence-electron chi connectivity index (χ4n) is 3.87. The molecule has 2 rings (SSSR count). The van der Waals surface area contributed by atoms with Crippen molar-refractivity contribution < 1.29 is 5.11 Å². The molecule has 18 heavy (non-hydrogen) atoms. The van der Waals surface area contributed by atoms with Crippen molar-refractivity contribution in [2.45, 2.75) is 76.7 Å². The average molecular weight is 253 g/mol. The molecule has 106 valence electrons. The van der Waals surface area contributed by atoms with E-state index in [0.29, 0.717) is 5.92 Å². The van der Waals surface area contributed by atoms with Gasteiger partial charge in [-0.05, 0) is 44.1 Å². The summed E-state index contributed by atoms with van der Waals surface area (Å²) in [5, 5.41) is 14.1. The van der Waals surface area contributed by atoms with Crippen LogP contribution in [0.15, 0.2) is 0 Å². The molecule has 0 radical (unpaired) electrons. The summed E-state index contributed by atoms with van der Waals surface area (Å²) >= 11 is 0. The molecule has 0 aromatic rings. The number of hydrogen-bond acceptors (Lipinski definition) is 2. The summed E-state index contributed by atoms with van der Waals surface area (Å²) in [6.07, 6.45) is 12.9. The molecule has 0 aromatic heterocycles. The number of hydrogen-bond donors (Lipinski definition) is 2. The smallest absolute Gasteiger partial charge is 0.0774 e. The van der Waals surface area contributed by atoms with E-state index in [1.807, 2.05) is 0 Å². The Bertz CT molecular complexity index is 235. The molecule has 2 fully saturated rings. The molecule has 0 aliphatic heterocycles. The summed E-state index contributed by atoms with van der Waals surface area (Å²) < 4.78 is 0. The van der Waals surface area contributed by atoms with E-state index < -0.39 is 5.60 Å². The Kier molecular flexibility index (Phi) is 5.50. The molecule has 2 unspecified atom stereocenters. The van der Waals surface area contributed by atoms with Crippen molar-refractivity contribution >= 4 is 0 Å². The van der Waals surface area contributed by atoms with Crippen LogP contribution in [0.25, 0.3) is 0 Å². The van der Waals surface area contributed by atoms with Crippen LogP contribution < -0.4 is 5.32 Å². The molecular weight excluding hydrogens is 222 g/mol. The molecule has 0 saturated heterocycles. The van der Waals surface area contributed by atoms with Crippen LogP contribution in [0.3, 0.4) is 0 Å². The molecule has 0 amide bonds. The van der Waals surface area contributed by atoms with Gasteiger partial charge in [0.25, 0.3) is 0 Å². The van der Waals surface area contributed by atoms with Crippen LogP contribution in [0.2, 0.25) is 0 Å². The fourth-order valence-corrected chi connectivity index (χ4v) is 3.87. The van der Waals surface area contributed by atoms with Gasteiger partial charge < -0.3 is 10.4 Å². The van der Waals surface area contributed by atoms with Crippen molar-refractivity contribution in [3.05, 3.63) is 0 Å². The van der Waals surface area contributed by atoms with Gasteiger partial charge >= 0.3 is 0 Å². The predicted molar refractivity (Wildman–Crippen MR) is 76.6 cm³/mol. The highest BCUT2D eigenvalue weighted by Gasteiger charge is 2.32. The second kappa shape index (κ2) is 6.91. The Morgan fingerprint density at radius 3 is 2.44 bits per heavy atom. The first kappa shape index (κ1) is 14.3. The van der Waals surface area contributed by atoms with Crippen molar-refractivity contribution in [2.24, 2.45) is 11.8 Å². The van der Waals surface area contributed by atoms with E-state index in [-0.39, 0.29) is 0 Å². The number of nitrogens with one attached hydrogen (secondary N) is 1. The fraction of sp³-hybridized carbons (Fsp3) is 1.00. The van der Waals surface area contributed by atoms with Crippen molar-refractivity contribution in [1.29, 1.82) is 0 Å². The van der Waals surface area contributed by atoms with Gasteiger partial charge in [0.15, 0.2) is 0 Å². The van der Waals surface area contributed by atoms with Gasteiger partial charge in [0.2, 0.25) is 0 Å². The lowest BCUT2D eigenvalue weighted by Gasteiger charge is -2.36. The lowest BCUT2D eigenvalue weighted by molar-refractivity contribution is -0.0123. The summed E-state index contributed by atoms with van der Waals surface area (Å²) in [4.78, 5) is 0.